The fourth-order valence-corrected chi connectivity index (χ4v) is 4.23. The molecule has 0 spiro atoms. The van der Waals surface area contributed by atoms with Gasteiger partial charge in [0.1, 0.15) is 11.5 Å². The van der Waals surface area contributed by atoms with E-state index in [2.05, 4.69) is 0 Å². The second-order valence-electron chi connectivity index (χ2n) is 7.64. The van der Waals surface area contributed by atoms with E-state index in [9.17, 15) is 14.7 Å². The third kappa shape index (κ3) is 3.55. The van der Waals surface area contributed by atoms with Gasteiger partial charge in [-0.2, -0.15) is 0 Å². The molecule has 1 amide bonds. The molecule has 1 fully saturated rings. The molecule has 1 aliphatic rings. The van der Waals surface area contributed by atoms with Crippen LogP contribution in [0.3, 0.4) is 0 Å². The maximum atomic E-state index is 13.3. The molecule has 5 nitrogen and oxygen atoms in total. The van der Waals surface area contributed by atoms with Gasteiger partial charge in [-0.25, -0.2) is 0 Å². The molecular formula is C26H22ClNO4. The molecule has 1 saturated heterocycles. The number of Topliss-reactive ketones (excluding diaryl/α,β-unsaturated/α-hetero) is 1. The van der Waals surface area contributed by atoms with Gasteiger partial charge in [-0.1, -0.05) is 48.0 Å². The van der Waals surface area contributed by atoms with Crippen molar-refractivity contribution in [2.45, 2.75) is 19.9 Å². The first-order chi connectivity index (χ1) is 15.3. The molecule has 1 N–H and O–H groups in total. The molecule has 1 heterocycles. The highest BCUT2D eigenvalue weighted by molar-refractivity contribution is 6.52. The number of ether oxygens (including phenoxy) is 1. The Morgan fingerprint density at radius 1 is 1.00 bits per heavy atom. The van der Waals surface area contributed by atoms with Gasteiger partial charge in [0.25, 0.3) is 11.7 Å². The maximum Gasteiger partial charge on any atom is 0.300 e. The predicted molar refractivity (Wildman–Crippen MR) is 125 cm³/mol. The number of anilines is 1. The highest BCUT2D eigenvalue weighted by Gasteiger charge is 2.47. The van der Waals surface area contributed by atoms with Crippen LogP contribution < -0.4 is 9.64 Å². The van der Waals surface area contributed by atoms with E-state index in [1.807, 2.05) is 37.3 Å². The normalized spacial score (nSPS) is 17.6. The van der Waals surface area contributed by atoms with Crippen LogP contribution in [0.15, 0.2) is 72.3 Å². The smallest absolute Gasteiger partial charge is 0.300 e. The Labute approximate surface area is 191 Å². The number of hydrogen-bond acceptors (Lipinski definition) is 4. The van der Waals surface area contributed by atoms with Crippen molar-refractivity contribution in [2.75, 3.05) is 12.0 Å². The quantitative estimate of drug-likeness (QED) is 0.321. The van der Waals surface area contributed by atoms with E-state index in [1.165, 1.54) is 4.90 Å². The van der Waals surface area contributed by atoms with E-state index in [0.717, 1.165) is 5.56 Å². The molecular weight excluding hydrogens is 426 g/mol. The first-order valence-corrected chi connectivity index (χ1v) is 10.5. The predicted octanol–water partition coefficient (Wildman–Crippen LogP) is 5.59. The lowest BCUT2D eigenvalue weighted by Gasteiger charge is -2.27. The van der Waals surface area contributed by atoms with Crippen LogP contribution in [0.5, 0.6) is 5.75 Å². The van der Waals surface area contributed by atoms with E-state index in [-0.39, 0.29) is 11.3 Å². The molecule has 1 aliphatic heterocycles. The summed E-state index contributed by atoms with van der Waals surface area (Å²) < 4.78 is 5.24. The lowest BCUT2D eigenvalue weighted by molar-refractivity contribution is -0.132. The minimum Gasteiger partial charge on any atom is -0.507 e. The summed E-state index contributed by atoms with van der Waals surface area (Å²) in [7, 11) is 1.56. The number of hydrogen-bond donors (Lipinski definition) is 1. The number of ketones is 1. The number of nitrogens with zero attached hydrogens (tertiary/aromatic N) is 1. The molecule has 32 heavy (non-hydrogen) atoms. The molecule has 0 aromatic heterocycles. The molecule has 6 heteroatoms. The number of aryl methyl sites for hydroxylation is 1. The molecule has 3 aromatic rings. The fourth-order valence-electron chi connectivity index (χ4n) is 4.06. The van der Waals surface area contributed by atoms with Gasteiger partial charge in [0.2, 0.25) is 0 Å². The Kier molecular flexibility index (Phi) is 5.76. The number of methoxy groups -OCH3 is 1. The highest BCUT2D eigenvalue weighted by Crippen LogP contribution is 2.44. The zero-order valence-corrected chi connectivity index (χ0v) is 18.7. The Balaban J connectivity index is 1.98. The van der Waals surface area contributed by atoms with Crippen molar-refractivity contribution in [3.8, 4) is 5.75 Å². The molecule has 0 aliphatic carbocycles. The number of halogens is 1. The van der Waals surface area contributed by atoms with Gasteiger partial charge in [-0.15, -0.1) is 0 Å². The number of benzene rings is 3. The largest absolute Gasteiger partial charge is 0.507 e. The van der Waals surface area contributed by atoms with Gasteiger partial charge in [0.15, 0.2) is 0 Å². The topological polar surface area (TPSA) is 66.8 Å². The summed E-state index contributed by atoms with van der Waals surface area (Å²) in [6.07, 6.45) is 0. The Morgan fingerprint density at radius 3 is 2.38 bits per heavy atom. The molecule has 1 unspecified atom stereocenters. The number of carbonyl (C=O) groups excluding carboxylic acids is 2. The van der Waals surface area contributed by atoms with Gasteiger partial charge in [-0.05, 0) is 60.9 Å². The minimum atomic E-state index is -0.796. The van der Waals surface area contributed by atoms with Crippen LogP contribution in [0.25, 0.3) is 5.76 Å². The van der Waals surface area contributed by atoms with Crippen LogP contribution in [0.1, 0.15) is 28.3 Å². The number of amides is 1. The maximum absolute atomic E-state index is 13.3. The highest BCUT2D eigenvalue weighted by atomic mass is 35.5. The van der Waals surface area contributed by atoms with Gasteiger partial charge >= 0.3 is 0 Å². The average Bonchev–Trinajstić information content (AvgIpc) is 3.06. The molecule has 0 saturated carbocycles. The monoisotopic (exact) mass is 447 g/mol. The summed E-state index contributed by atoms with van der Waals surface area (Å²) in [6.45, 7) is 3.61. The first kappa shape index (κ1) is 21.7. The van der Waals surface area contributed by atoms with Crippen LogP contribution in [0.2, 0.25) is 5.02 Å². The number of aliphatic hydroxyl groups excluding tert-OH is 1. The van der Waals surface area contributed by atoms with Crippen LogP contribution >= 0.6 is 11.6 Å². The van der Waals surface area contributed by atoms with Crippen molar-refractivity contribution >= 4 is 34.7 Å². The van der Waals surface area contributed by atoms with E-state index < -0.39 is 17.7 Å². The molecule has 3 aromatic carbocycles. The fraction of sp³-hybridized carbons (Fsp3) is 0.154. The Bertz CT molecular complexity index is 1250. The standard InChI is InChI=1S/C26H22ClNO4/c1-15-14-18(32-3)12-13-19(15)24(29)22-23(17-8-5-4-6-9-17)28(26(31)25(22)30)21-11-7-10-20(27)16(21)2/h4-14,23,29H,1-3H3/b24-22+. The van der Waals surface area contributed by atoms with E-state index >= 15 is 0 Å². The summed E-state index contributed by atoms with van der Waals surface area (Å²) >= 11 is 6.32. The van der Waals surface area contributed by atoms with Crippen LogP contribution in [-0.4, -0.2) is 23.9 Å². The van der Waals surface area contributed by atoms with E-state index in [0.29, 0.717) is 33.1 Å². The number of carbonyl (C=O) groups is 2. The second kappa shape index (κ2) is 8.52. The van der Waals surface area contributed by atoms with Crippen molar-refractivity contribution in [3.63, 3.8) is 0 Å². The average molecular weight is 448 g/mol. The number of aliphatic hydroxyl groups is 1. The van der Waals surface area contributed by atoms with Crippen molar-refractivity contribution in [3.05, 3.63) is 99.6 Å². The zero-order chi connectivity index (χ0) is 23.0. The lowest BCUT2D eigenvalue weighted by Crippen LogP contribution is -2.30. The Hall–Kier alpha value is -3.57. The van der Waals surface area contributed by atoms with E-state index in [1.54, 1.807) is 50.4 Å². The van der Waals surface area contributed by atoms with E-state index in [4.69, 9.17) is 16.3 Å². The SMILES string of the molecule is COc1ccc(/C(O)=C2\C(=O)C(=O)N(c3cccc(Cl)c3C)C2c2ccccc2)c(C)c1. The van der Waals surface area contributed by atoms with Crippen molar-refractivity contribution in [1.82, 2.24) is 0 Å². The first-order valence-electron chi connectivity index (χ1n) is 10.1. The van der Waals surface area contributed by atoms with Gasteiger partial charge in [0, 0.05) is 16.3 Å². The molecule has 162 valence electrons. The molecule has 0 radical (unpaired) electrons. The third-order valence-corrected chi connectivity index (χ3v) is 6.16. The van der Waals surface area contributed by atoms with Gasteiger partial charge in [0.05, 0.1) is 18.7 Å². The second-order valence-corrected chi connectivity index (χ2v) is 8.05. The third-order valence-electron chi connectivity index (χ3n) is 5.75. The van der Waals surface area contributed by atoms with Crippen molar-refractivity contribution in [1.29, 1.82) is 0 Å². The summed E-state index contributed by atoms with van der Waals surface area (Å²) in [5.74, 6) is -1.05. The van der Waals surface area contributed by atoms with Crippen molar-refractivity contribution in [2.24, 2.45) is 0 Å². The lowest BCUT2D eigenvalue weighted by atomic mass is 9.93. The van der Waals surface area contributed by atoms with Crippen LogP contribution in [0.4, 0.5) is 5.69 Å². The summed E-state index contributed by atoms with van der Waals surface area (Å²) in [4.78, 5) is 27.9. The van der Waals surface area contributed by atoms with Crippen LogP contribution in [0, 0.1) is 13.8 Å². The van der Waals surface area contributed by atoms with Crippen molar-refractivity contribution < 1.29 is 19.4 Å². The Morgan fingerprint density at radius 2 is 1.72 bits per heavy atom. The molecule has 0 bridgehead atoms. The van der Waals surface area contributed by atoms with Gasteiger partial charge < -0.3 is 9.84 Å². The molecule has 1 atom stereocenters. The van der Waals surface area contributed by atoms with Gasteiger partial charge in [-0.3, -0.25) is 14.5 Å². The number of rotatable bonds is 4. The minimum absolute atomic E-state index is 0.0360. The summed E-state index contributed by atoms with van der Waals surface area (Å²) in [6, 6.07) is 18.8. The summed E-state index contributed by atoms with van der Waals surface area (Å²) in [5.41, 5.74) is 3.13. The molecule has 4 rings (SSSR count). The summed E-state index contributed by atoms with van der Waals surface area (Å²) in [5, 5.41) is 11.8. The zero-order valence-electron chi connectivity index (χ0n) is 17.9. The van der Waals surface area contributed by atoms with Crippen LogP contribution in [-0.2, 0) is 9.59 Å².